The van der Waals surface area contributed by atoms with Crippen LogP contribution < -0.4 is 10.2 Å². The fourth-order valence-electron chi connectivity index (χ4n) is 4.57. The molecule has 2 N–H and O–H groups in total. The van der Waals surface area contributed by atoms with Crippen molar-refractivity contribution in [3.05, 3.63) is 58.4 Å². The molecule has 0 spiro atoms. The van der Waals surface area contributed by atoms with Gasteiger partial charge in [-0.05, 0) is 43.3 Å². The fraction of sp³-hybridized carbons (Fsp3) is 0.304. The molecule has 5 rings (SSSR count). The number of anilines is 1. The quantitative estimate of drug-likeness (QED) is 0.632. The molecule has 0 unspecified atom stereocenters. The van der Waals surface area contributed by atoms with Crippen molar-refractivity contribution >= 4 is 34.2 Å². The molecule has 2 aliphatic heterocycles. The highest BCUT2D eigenvalue weighted by Gasteiger charge is 2.41. The first-order valence-electron chi connectivity index (χ1n) is 10.4. The van der Waals surface area contributed by atoms with E-state index < -0.39 is 5.91 Å². The van der Waals surface area contributed by atoms with Crippen molar-refractivity contribution in [3.63, 3.8) is 0 Å². The second-order valence-corrected chi connectivity index (χ2v) is 8.70. The maximum atomic E-state index is 12.6. The number of nitrogens with zero attached hydrogens (tertiary/aromatic N) is 5. The maximum absolute atomic E-state index is 12.6. The highest BCUT2D eigenvalue weighted by atomic mass is 35.5. The predicted molar refractivity (Wildman–Crippen MR) is 121 cm³/mol. The summed E-state index contributed by atoms with van der Waals surface area (Å²) in [6, 6.07) is 11.6. The fourth-order valence-corrected chi connectivity index (χ4v) is 4.82. The van der Waals surface area contributed by atoms with E-state index in [1.54, 1.807) is 24.3 Å². The summed E-state index contributed by atoms with van der Waals surface area (Å²) in [5.74, 6) is 0.147. The lowest BCUT2D eigenvalue weighted by Gasteiger charge is -2.32. The Morgan fingerprint density at radius 3 is 2.84 bits per heavy atom. The minimum Gasteiger partial charge on any atom is -0.505 e. The molecule has 2 saturated heterocycles. The van der Waals surface area contributed by atoms with Crippen LogP contribution in [-0.2, 0) is 6.54 Å². The molecule has 162 valence electrons. The van der Waals surface area contributed by atoms with Crippen LogP contribution in [0.25, 0.3) is 10.9 Å². The Balaban J connectivity index is 1.34. The molecule has 1 amide bonds. The van der Waals surface area contributed by atoms with E-state index in [1.165, 1.54) is 6.20 Å². The van der Waals surface area contributed by atoms with Crippen molar-refractivity contribution in [1.29, 1.82) is 5.26 Å². The van der Waals surface area contributed by atoms with E-state index in [0.717, 1.165) is 25.3 Å². The predicted octanol–water partition coefficient (Wildman–Crippen LogP) is 2.68. The first-order valence-corrected chi connectivity index (χ1v) is 10.7. The van der Waals surface area contributed by atoms with E-state index in [1.807, 2.05) is 12.1 Å². The first-order chi connectivity index (χ1) is 15.4. The van der Waals surface area contributed by atoms with Crippen molar-refractivity contribution < 1.29 is 9.90 Å². The average molecular weight is 449 g/mol. The summed E-state index contributed by atoms with van der Waals surface area (Å²) < 4.78 is 0. The number of pyridine rings is 2. The Hall–Kier alpha value is -3.41. The molecule has 2 bridgehead atoms. The molecule has 0 radical (unpaired) electrons. The highest BCUT2D eigenvalue weighted by molar-refractivity contribution is 6.31. The number of amides is 1. The number of carbonyl (C=O) groups is 1. The number of aromatic hydroxyl groups is 1. The molecule has 9 heteroatoms. The van der Waals surface area contributed by atoms with Crippen LogP contribution in [0, 0.1) is 11.3 Å². The minimum absolute atomic E-state index is 0.0707. The Kier molecular flexibility index (Phi) is 5.08. The van der Waals surface area contributed by atoms with Gasteiger partial charge in [-0.1, -0.05) is 17.7 Å². The Morgan fingerprint density at radius 1 is 1.31 bits per heavy atom. The van der Waals surface area contributed by atoms with E-state index in [0.29, 0.717) is 39.1 Å². The number of fused-ring (bicyclic) bond motifs is 3. The third-order valence-electron chi connectivity index (χ3n) is 6.35. The van der Waals surface area contributed by atoms with E-state index in [4.69, 9.17) is 21.8 Å². The summed E-state index contributed by atoms with van der Waals surface area (Å²) in [4.78, 5) is 26.2. The monoisotopic (exact) mass is 448 g/mol. The zero-order valence-corrected chi connectivity index (χ0v) is 18.2. The molecule has 2 aromatic heterocycles. The van der Waals surface area contributed by atoms with Gasteiger partial charge in [-0.25, -0.2) is 9.97 Å². The number of nitriles is 1. The molecule has 8 nitrogen and oxygen atoms in total. The molecule has 4 heterocycles. The van der Waals surface area contributed by atoms with Crippen molar-refractivity contribution in [2.45, 2.75) is 25.0 Å². The lowest BCUT2D eigenvalue weighted by molar-refractivity contribution is 0.0943. The second kappa shape index (κ2) is 7.93. The van der Waals surface area contributed by atoms with Crippen LogP contribution in [0.5, 0.6) is 5.75 Å². The summed E-state index contributed by atoms with van der Waals surface area (Å²) in [7, 11) is 2.15. The number of likely N-dealkylation sites (N-methyl/N-ethyl adjacent to an activating group) is 1. The smallest absolute Gasteiger partial charge is 0.274 e. The Labute approximate surface area is 190 Å². The van der Waals surface area contributed by atoms with E-state index in [-0.39, 0.29) is 18.0 Å². The molecule has 2 fully saturated rings. The highest BCUT2D eigenvalue weighted by Crippen LogP contribution is 2.34. The summed E-state index contributed by atoms with van der Waals surface area (Å²) in [5.41, 5.74) is 1.58. The molecule has 0 aliphatic carbocycles. The number of likely N-dealkylation sites (tertiary alicyclic amines) is 1. The molecule has 3 aromatic rings. The molecule has 32 heavy (non-hydrogen) atoms. The van der Waals surface area contributed by atoms with Gasteiger partial charge in [-0.3, -0.25) is 9.69 Å². The summed E-state index contributed by atoms with van der Waals surface area (Å²) in [6.45, 7) is 2.11. The molecule has 2 atom stereocenters. The van der Waals surface area contributed by atoms with Gasteiger partial charge in [-0.2, -0.15) is 5.26 Å². The SMILES string of the molecule is CN1C[C@@H]2C[C@H]1CN2c1ccc2c(O)c(C(=O)NCc3ccc(C#N)cc3Cl)ncc2n1. The number of carbonyl (C=O) groups excluding carboxylic acids is 1. The van der Waals surface area contributed by atoms with Gasteiger partial charge in [0, 0.05) is 42.1 Å². The number of hydrogen-bond donors (Lipinski definition) is 2. The Bertz CT molecular complexity index is 1270. The van der Waals surface area contributed by atoms with Crippen LogP contribution in [0.4, 0.5) is 5.82 Å². The van der Waals surface area contributed by atoms with Crippen LogP contribution in [0.1, 0.15) is 28.0 Å². The average Bonchev–Trinajstić information content (AvgIpc) is 3.37. The number of aromatic nitrogens is 2. The number of rotatable bonds is 4. The Morgan fingerprint density at radius 2 is 2.16 bits per heavy atom. The lowest BCUT2D eigenvalue weighted by Crippen LogP contribution is -2.44. The summed E-state index contributed by atoms with van der Waals surface area (Å²) >= 11 is 6.16. The topological polar surface area (TPSA) is 105 Å². The molecular formula is C23H21ClN6O2. The van der Waals surface area contributed by atoms with Gasteiger partial charge in [0.15, 0.2) is 11.4 Å². The van der Waals surface area contributed by atoms with Gasteiger partial charge in [0.2, 0.25) is 0 Å². The van der Waals surface area contributed by atoms with Crippen LogP contribution >= 0.6 is 11.6 Å². The van der Waals surface area contributed by atoms with E-state index >= 15 is 0 Å². The van der Waals surface area contributed by atoms with Crippen molar-refractivity contribution in [3.8, 4) is 11.8 Å². The summed E-state index contributed by atoms with van der Waals surface area (Å²) in [5, 5.41) is 23.2. The number of nitrogens with one attached hydrogen (secondary N) is 1. The van der Waals surface area contributed by atoms with Crippen LogP contribution in [0.15, 0.2) is 36.5 Å². The zero-order chi connectivity index (χ0) is 22.4. The maximum Gasteiger partial charge on any atom is 0.274 e. The van der Waals surface area contributed by atoms with Gasteiger partial charge in [0.25, 0.3) is 5.91 Å². The van der Waals surface area contributed by atoms with Crippen molar-refractivity contribution in [1.82, 2.24) is 20.2 Å². The van der Waals surface area contributed by atoms with Gasteiger partial charge in [0.1, 0.15) is 5.82 Å². The lowest BCUT2D eigenvalue weighted by atomic mass is 10.1. The minimum atomic E-state index is -0.520. The normalized spacial score (nSPS) is 20.0. The van der Waals surface area contributed by atoms with E-state index in [2.05, 4.69) is 27.1 Å². The van der Waals surface area contributed by atoms with E-state index in [9.17, 15) is 9.90 Å². The van der Waals surface area contributed by atoms with Crippen LogP contribution in [0.3, 0.4) is 0 Å². The van der Waals surface area contributed by atoms with Gasteiger partial charge < -0.3 is 15.3 Å². The van der Waals surface area contributed by atoms with Gasteiger partial charge in [-0.15, -0.1) is 0 Å². The molecule has 1 aromatic carbocycles. The largest absolute Gasteiger partial charge is 0.505 e. The number of piperazine rings is 1. The standard InChI is InChI=1S/C23H21ClN6O2/c1-29-11-16-7-15(29)12-30(16)20-5-4-17-19(28-20)10-26-21(22(17)31)23(32)27-9-14-3-2-13(8-25)6-18(14)24/h2-6,10,15-16,31H,7,9,11-12H2,1H3,(H,27,32)/t15-,16-/m0/s1. The number of benzene rings is 1. The van der Waals surface area contributed by atoms with Crippen molar-refractivity contribution in [2.75, 3.05) is 25.0 Å². The third kappa shape index (κ3) is 3.49. The van der Waals surface area contributed by atoms with Gasteiger partial charge in [0.05, 0.1) is 23.3 Å². The molecule has 2 aliphatic rings. The molecular weight excluding hydrogens is 428 g/mol. The van der Waals surface area contributed by atoms with Crippen LogP contribution in [0.2, 0.25) is 5.02 Å². The number of hydrogen-bond acceptors (Lipinski definition) is 7. The van der Waals surface area contributed by atoms with Crippen LogP contribution in [-0.4, -0.2) is 58.1 Å². The first kappa shape index (κ1) is 20.5. The number of halogens is 1. The van der Waals surface area contributed by atoms with Gasteiger partial charge >= 0.3 is 0 Å². The third-order valence-corrected chi connectivity index (χ3v) is 6.70. The molecule has 0 saturated carbocycles. The summed E-state index contributed by atoms with van der Waals surface area (Å²) in [6.07, 6.45) is 2.66. The second-order valence-electron chi connectivity index (χ2n) is 8.29. The zero-order valence-electron chi connectivity index (χ0n) is 17.4. The van der Waals surface area contributed by atoms with Crippen molar-refractivity contribution in [2.24, 2.45) is 0 Å².